The van der Waals surface area contributed by atoms with Crippen molar-refractivity contribution in [3.8, 4) is 0 Å². The molecule has 0 radical (unpaired) electrons. The van der Waals surface area contributed by atoms with Crippen molar-refractivity contribution in [2.75, 3.05) is 13.1 Å². The van der Waals surface area contributed by atoms with Crippen LogP contribution >= 0.6 is 23.2 Å². The number of carboxylic acid groups (broad SMARTS) is 1. The van der Waals surface area contributed by atoms with E-state index in [2.05, 4.69) is 10.1 Å². The van der Waals surface area contributed by atoms with Gasteiger partial charge in [-0.25, -0.2) is 4.39 Å². The number of halogens is 6. The summed E-state index contributed by atoms with van der Waals surface area (Å²) < 4.78 is 59.2. The van der Waals surface area contributed by atoms with Gasteiger partial charge < -0.3 is 10.0 Å². The van der Waals surface area contributed by atoms with Crippen LogP contribution in [0.25, 0.3) is 0 Å². The molecule has 0 saturated heterocycles. The average Bonchev–Trinajstić information content (AvgIpc) is 3.50. The van der Waals surface area contributed by atoms with Crippen molar-refractivity contribution < 1.29 is 37.1 Å². The summed E-state index contributed by atoms with van der Waals surface area (Å²) in [7, 11) is 0. The summed E-state index contributed by atoms with van der Waals surface area (Å²) in [6.45, 7) is -1.36. The zero-order valence-corrected chi connectivity index (χ0v) is 22.2. The summed E-state index contributed by atoms with van der Waals surface area (Å²) in [6, 6.07) is -0.773. The molecule has 212 valence electrons. The van der Waals surface area contributed by atoms with Gasteiger partial charge in [0.15, 0.2) is 11.5 Å². The fourth-order valence-corrected chi connectivity index (χ4v) is 6.03. The Kier molecular flexibility index (Phi) is 8.55. The molecule has 0 bridgehead atoms. The van der Waals surface area contributed by atoms with Crippen molar-refractivity contribution in [3.05, 3.63) is 45.5 Å². The SMILES string of the molecule is O=C(CN(CC1(F)CCCC1)C(=O)c1cnn([C@H]2CC[C@H](C(=O)O)CC2)c1C(F)(F)F)c1c(Cl)cncc1Cl. The standard InChI is InChI=1S/C25H26Cl2F4N4O4/c26-17-10-32-11-18(27)20(17)19(36)12-34(13-24(28)7-1-2-8-24)22(37)16-9-33-35(21(16)25(29,30)31)15-5-3-14(4-6-15)23(38)39/h9-11,14-15H,1-8,12-13H2,(H,38,39)/t14-,15-. The van der Waals surface area contributed by atoms with Gasteiger partial charge in [-0.05, 0) is 38.5 Å². The Bertz CT molecular complexity index is 1230. The topological polar surface area (TPSA) is 105 Å². The molecule has 2 fully saturated rings. The molecule has 2 aliphatic carbocycles. The lowest BCUT2D eigenvalue weighted by Gasteiger charge is -2.30. The Balaban J connectivity index is 1.68. The summed E-state index contributed by atoms with van der Waals surface area (Å²) >= 11 is 12.1. The molecule has 0 aliphatic heterocycles. The largest absolute Gasteiger partial charge is 0.481 e. The Morgan fingerprint density at radius 3 is 2.18 bits per heavy atom. The molecule has 2 aromatic rings. The van der Waals surface area contributed by atoms with Crippen LogP contribution in [-0.2, 0) is 11.0 Å². The number of carbonyl (C=O) groups excluding carboxylic acids is 2. The first kappa shape index (κ1) is 29.3. The number of hydrogen-bond donors (Lipinski definition) is 1. The lowest BCUT2D eigenvalue weighted by Crippen LogP contribution is -2.45. The zero-order valence-electron chi connectivity index (χ0n) is 20.7. The molecule has 0 unspecified atom stereocenters. The van der Waals surface area contributed by atoms with Crippen LogP contribution in [0.15, 0.2) is 18.6 Å². The van der Waals surface area contributed by atoms with Gasteiger partial charge >= 0.3 is 12.1 Å². The van der Waals surface area contributed by atoms with Crippen molar-refractivity contribution in [3.63, 3.8) is 0 Å². The molecule has 4 rings (SSSR count). The molecule has 2 aliphatic rings. The third kappa shape index (κ3) is 6.37. The molecule has 39 heavy (non-hydrogen) atoms. The van der Waals surface area contributed by atoms with Gasteiger partial charge in [0, 0.05) is 12.4 Å². The molecule has 0 aromatic carbocycles. The minimum Gasteiger partial charge on any atom is -0.481 e. The highest BCUT2D eigenvalue weighted by atomic mass is 35.5. The molecule has 2 saturated carbocycles. The van der Waals surface area contributed by atoms with Crippen LogP contribution < -0.4 is 0 Å². The average molecular weight is 593 g/mol. The van der Waals surface area contributed by atoms with E-state index in [0.717, 1.165) is 23.5 Å². The molecule has 2 aromatic heterocycles. The number of aliphatic carboxylic acids is 1. The highest BCUT2D eigenvalue weighted by molar-refractivity contribution is 6.39. The van der Waals surface area contributed by atoms with E-state index >= 15 is 4.39 Å². The van der Waals surface area contributed by atoms with Crippen LogP contribution in [0.1, 0.15) is 83.8 Å². The summed E-state index contributed by atoms with van der Waals surface area (Å²) in [6.07, 6.45) is -0.0433. The van der Waals surface area contributed by atoms with E-state index in [0.29, 0.717) is 17.5 Å². The number of aromatic nitrogens is 3. The number of rotatable bonds is 8. The molecule has 2 heterocycles. The second kappa shape index (κ2) is 11.4. The van der Waals surface area contributed by atoms with Gasteiger partial charge in [-0.2, -0.15) is 18.3 Å². The molecular weight excluding hydrogens is 567 g/mol. The molecule has 0 spiro atoms. The van der Waals surface area contributed by atoms with Crippen LogP contribution in [0.3, 0.4) is 0 Å². The number of carbonyl (C=O) groups is 3. The van der Waals surface area contributed by atoms with Crippen molar-refractivity contribution in [2.24, 2.45) is 5.92 Å². The summed E-state index contributed by atoms with van der Waals surface area (Å²) in [5, 5.41) is 12.9. The zero-order chi connectivity index (χ0) is 28.5. The van der Waals surface area contributed by atoms with Crippen LogP contribution in [0.4, 0.5) is 17.6 Å². The predicted molar refractivity (Wildman–Crippen MR) is 133 cm³/mol. The lowest BCUT2D eigenvalue weighted by molar-refractivity contribution is -0.147. The van der Waals surface area contributed by atoms with Crippen molar-refractivity contribution >= 4 is 40.9 Å². The van der Waals surface area contributed by atoms with Gasteiger partial charge in [0.25, 0.3) is 5.91 Å². The summed E-state index contributed by atoms with van der Waals surface area (Å²) in [4.78, 5) is 42.5. The normalized spacial score (nSPS) is 21.1. The first-order chi connectivity index (χ1) is 18.3. The number of ketones is 1. The number of carboxylic acids is 1. The maximum atomic E-state index is 15.5. The Labute approximate surface area is 231 Å². The number of hydrogen-bond acceptors (Lipinski definition) is 5. The predicted octanol–water partition coefficient (Wildman–Crippen LogP) is 6.03. The van der Waals surface area contributed by atoms with E-state index in [1.807, 2.05) is 0 Å². The van der Waals surface area contributed by atoms with E-state index in [4.69, 9.17) is 23.2 Å². The molecule has 1 N–H and O–H groups in total. The van der Waals surface area contributed by atoms with Crippen LogP contribution in [0.2, 0.25) is 10.0 Å². The molecule has 1 amide bonds. The Hall–Kier alpha value is -2.73. The van der Waals surface area contributed by atoms with Crippen molar-refractivity contribution in [2.45, 2.75) is 69.3 Å². The van der Waals surface area contributed by atoms with Crippen molar-refractivity contribution in [1.82, 2.24) is 19.7 Å². The third-order valence-corrected chi connectivity index (χ3v) is 7.99. The van der Waals surface area contributed by atoms with E-state index in [1.165, 1.54) is 0 Å². The van der Waals surface area contributed by atoms with Crippen LogP contribution in [-0.4, -0.2) is 61.2 Å². The first-order valence-electron chi connectivity index (χ1n) is 12.5. The number of pyridine rings is 1. The minimum atomic E-state index is -5.00. The molecule has 14 heteroatoms. The second-order valence-electron chi connectivity index (χ2n) is 10.1. The van der Waals surface area contributed by atoms with Crippen molar-refractivity contribution in [1.29, 1.82) is 0 Å². The number of nitrogens with zero attached hydrogens (tertiary/aromatic N) is 4. The smallest absolute Gasteiger partial charge is 0.433 e. The summed E-state index contributed by atoms with van der Waals surface area (Å²) in [5.74, 6) is -3.66. The molecule has 0 atom stereocenters. The quantitative estimate of drug-likeness (QED) is 0.296. The number of alkyl halides is 4. The van der Waals surface area contributed by atoms with E-state index in [1.54, 1.807) is 0 Å². The maximum Gasteiger partial charge on any atom is 0.433 e. The fraction of sp³-hybridized carbons (Fsp3) is 0.560. The van der Waals surface area contributed by atoms with Gasteiger partial charge in [0.2, 0.25) is 0 Å². The first-order valence-corrected chi connectivity index (χ1v) is 13.2. The monoisotopic (exact) mass is 592 g/mol. The second-order valence-corrected chi connectivity index (χ2v) is 10.9. The Morgan fingerprint density at radius 1 is 1.05 bits per heavy atom. The number of amides is 1. The number of Topliss-reactive ketones (excluding diaryl/α,β-unsaturated/α-hetero) is 1. The Morgan fingerprint density at radius 2 is 1.64 bits per heavy atom. The van der Waals surface area contributed by atoms with Crippen LogP contribution in [0.5, 0.6) is 0 Å². The van der Waals surface area contributed by atoms with Gasteiger partial charge in [0.05, 0.1) is 52.4 Å². The third-order valence-electron chi connectivity index (χ3n) is 7.41. The maximum absolute atomic E-state index is 15.5. The van der Waals surface area contributed by atoms with Crippen LogP contribution in [0, 0.1) is 5.92 Å². The lowest BCUT2D eigenvalue weighted by atomic mass is 9.86. The summed E-state index contributed by atoms with van der Waals surface area (Å²) in [5.41, 5.74) is -4.18. The van der Waals surface area contributed by atoms with E-state index < -0.39 is 65.8 Å². The van der Waals surface area contributed by atoms with Gasteiger partial charge in [0.1, 0.15) is 5.67 Å². The van der Waals surface area contributed by atoms with E-state index in [-0.39, 0.29) is 54.1 Å². The highest BCUT2D eigenvalue weighted by Crippen LogP contribution is 2.40. The highest BCUT2D eigenvalue weighted by Gasteiger charge is 2.45. The van der Waals surface area contributed by atoms with Gasteiger partial charge in [-0.15, -0.1) is 0 Å². The van der Waals surface area contributed by atoms with E-state index in [9.17, 15) is 32.7 Å². The minimum absolute atomic E-state index is 0.0972. The molecule has 8 nitrogen and oxygen atoms in total. The van der Waals surface area contributed by atoms with Gasteiger partial charge in [-0.1, -0.05) is 36.0 Å². The van der Waals surface area contributed by atoms with Gasteiger partial charge in [-0.3, -0.25) is 24.0 Å². The molecular formula is C25H26Cl2F4N4O4. The fourth-order valence-electron chi connectivity index (χ4n) is 5.45.